The Balaban J connectivity index is 1.73. The Morgan fingerprint density at radius 2 is 1.73 bits per heavy atom. The topological polar surface area (TPSA) is 86.8 Å². The second-order valence-electron chi connectivity index (χ2n) is 9.71. The van der Waals surface area contributed by atoms with Crippen LogP contribution in [0.2, 0.25) is 10.0 Å². The van der Waals surface area contributed by atoms with Crippen LogP contribution in [0.3, 0.4) is 0 Å². The van der Waals surface area contributed by atoms with E-state index in [1.807, 2.05) is 31.2 Å². The average molecular weight is 569 g/mol. The van der Waals surface area contributed by atoms with Crippen molar-refractivity contribution in [3.8, 4) is 0 Å². The maximum atomic E-state index is 13.4. The molecule has 7 nitrogen and oxygen atoms in total. The maximum Gasteiger partial charge on any atom is 0.242 e. The van der Waals surface area contributed by atoms with Crippen molar-refractivity contribution in [2.45, 2.75) is 71.0 Å². The molecular formula is C27H35Cl2N3O4S. The first kappa shape index (κ1) is 29.3. The van der Waals surface area contributed by atoms with Gasteiger partial charge in [-0.2, -0.15) is 0 Å². The number of nitrogens with one attached hydrogen (secondary N) is 1. The van der Waals surface area contributed by atoms with Gasteiger partial charge >= 0.3 is 0 Å². The van der Waals surface area contributed by atoms with Crippen LogP contribution in [0.1, 0.15) is 56.6 Å². The predicted octanol–water partition coefficient (Wildman–Crippen LogP) is 5.32. The number of nitrogens with zero attached hydrogens (tertiary/aromatic N) is 2. The Bertz CT molecular complexity index is 1200. The third-order valence-corrected chi connectivity index (χ3v) is 8.41. The minimum absolute atomic E-state index is 0.0473. The van der Waals surface area contributed by atoms with E-state index in [2.05, 4.69) is 5.32 Å². The number of amides is 2. The summed E-state index contributed by atoms with van der Waals surface area (Å²) in [7, 11) is -3.67. The van der Waals surface area contributed by atoms with E-state index in [-0.39, 0.29) is 54.5 Å². The molecule has 1 N–H and O–H groups in total. The fraction of sp³-hybridized carbons (Fsp3) is 0.481. The molecule has 1 fully saturated rings. The van der Waals surface area contributed by atoms with Crippen LogP contribution in [0.25, 0.3) is 0 Å². The van der Waals surface area contributed by atoms with Gasteiger partial charge in [-0.05, 0) is 56.9 Å². The third-order valence-electron chi connectivity index (χ3n) is 6.67. The normalized spacial score (nSPS) is 14.8. The summed E-state index contributed by atoms with van der Waals surface area (Å²) in [5, 5.41) is 3.69. The van der Waals surface area contributed by atoms with E-state index in [1.54, 1.807) is 17.9 Å². The van der Waals surface area contributed by atoms with Gasteiger partial charge in [0.2, 0.25) is 21.8 Å². The number of benzene rings is 2. The fourth-order valence-corrected chi connectivity index (χ4v) is 5.93. The van der Waals surface area contributed by atoms with E-state index in [9.17, 15) is 18.0 Å². The van der Waals surface area contributed by atoms with Crippen molar-refractivity contribution in [1.29, 1.82) is 0 Å². The lowest BCUT2D eigenvalue weighted by Crippen LogP contribution is -2.49. The molecule has 0 bridgehead atoms. The summed E-state index contributed by atoms with van der Waals surface area (Å²) < 4.78 is 26.2. The molecule has 1 aliphatic rings. The minimum Gasteiger partial charge on any atom is -0.352 e. The number of sulfonamides is 1. The van der Waals surface area contributed by atoms with Gasteiger partial charge in [-0.15, -0.1) is 0 Å². The Morgan fingerprint density at radius 3 is 2.35 bits per heavy atom. The van der Waals surface area contributed by atoms with Gasteiger partial charge in [0, 0.05) is 30.6 Å². The number of carbonyl (C=O) groups excluding carboxylic acids is 2. The molecule has 0 saturated heterocycles. The van der Waals surface area contributed by atoms with Gasteiger partial charge in [0.25, 0.3) is 0 Å². The lowest BCUT2D eigenvalue weighted by Gasteiger charge is -2.30. The van der Waals surface area contributed by atoms with Crippen molar-refractivity contribution in [2.24, 2.45) is 0 Å². The zero-order valence-electron chi connectivity index (χ0n) is 21.5. The largest absolute Gasteiger partial charge is 0.352 e. The fourth-order valence-electron chi connectivity index (χ4n) is 4.52. The molecule has 2 aromatic carbocycles. The molecule has 2 amide bonds. The molecule has 0 unspecified atom stereocenters. The summed E-state index contributed by atoms with van der Waals surface area (Å²) in [6.07, 6.45) is 5.51. The zero-order valence-corrected chi connectivity index (χ0v) is 23.9. The van der Waals surface area contributed by atoms with Gasteiger partial charge in [0.1, 0.15) is 6.04 Å². The Kier molecular flexibility index (Phi) is 10.3. The maximum absolute atomic E-state index is 13.4. The van der Waals surface area contributed by atoms with Crippen LogP contribution in [0.5, 0.6) is 0 Å². The van der Waals surface area contributed by atoms with E-state index in [1.165, 1.54) is 12.1 Å². The number of carbonyl (C=O) groups is 2. The lowest BCUT2D eigenvalue weighted by molar-refractivity contribution is -0.141. The molecule has 202 valence electrons. The molecule has 0 heterocycles. The van der Waals surface area contributed by atoms with Gasteiger partial charge in [-0.25, -0.2) is 8.42 Å². The van der Waals surface area contributed by atoms with E-state index in [4.69, 9.17) is 23.2 Å². The van der Waals surface area contributed by atoms with Crippen molar-refractivity contribution < 1.29 is 18.0 Å². The second kappa shape index (κ2) is 13.0. The SMILES string of the molecule is Cc1ccc(CN(C(=O)CCCN(c2cc(Cl)ccc2Cl)S(C)(=O)=O)[C@@H](C)C(=O)NC2CCCC2)cc1. The predicted molar refractivity (Wildman–Crippen MR) is 149 cm³/mol. The molecular weight excluding hydrogens is 533 g/mol. The van der Waals surface area contributed by atoms with Gasteiger partial charge in [0.05, 0.1) is 17.0 Å². The number of anilines is 1. The smallest absolute Gasteiger partial charge is 0.242 e. The Hall–Kier alpha value is -2.29. The van der Waals surface area contributed by atoms with Gasteiger partial charge in [0.15, 0.2) is 0 Å². The van der Waals surface area contributed by atoms with E-state index < -0.39 is 16.1 Å². The summed E-state index contributed by atoms with van der Waals surface area (Å²) in [6, 6.07) is 11.9. The standard InChI is InChI=1S/C27H35Cl2N3O4S/c1-19-10-12-21(13-11-19)18-31(20(2)27(34)30-23-7-4-5-8-23)26(33)9-6-16-32(37(3,35)36)25-17-22(28)14-15-24(25)29/h10-15,17,20,23H,4-9,16,18H2,1-3H3,(H,30,34)/t20-/m0/s1. The highest BCUT2D eigenvalue weighted by molar-refractivity contribution is 7.92. The van der Waals surface area contributed by atoms with Crippen LogP contribution in [0.4, 0.5) is 5.69 Å². The summed E-state index contributed by atoms with van der Waals surface area (Å²) in [6.45, 7) is 4.06. The van der Waals surface area contributed by atoms with Crippen molar-refractivity contribution in [1.82, 2.24) is 10.2 Å². The average Bonchev–Trinajstić information content (AvgIpc) is 3.35. The van der Waals surface area contributed by atoms with Crippen LogP contribution in [0.15, 0.2) is 42.5 Å². The third kappa shape index (κ3) is 8.35. The summed E-state index contributed by atoms with van der Waals surface area (Å²) in [5.41, 5.74) is 2.29. The van der Waals surface area contributed by atoms with Crippen LogP contribution in [0, 0.1) is 6.92 Å². The second-order valence-corrected chi connectivity index (χ2v) is 12.5. The molecule has 1 aliphatic carbocycles. The molecule has 0 radical (unpaired) electrons. The number of hydrogen-bond donors (Lipinski definition) is 1. The number of hydrogen-bond acceptors (Lipinski definition) is 4. The van der Waals surface area contributed by atoms with E-state index in [0.29, 0.717) is 5.02 Å². The molecule has 37 heavy (non-hydrogen) atoms. The Morgan fingerprint density at radius 1 is 1.08 bits per heavy atom. The Labute approximate surface area is 230 Å². The highest BCUT2D eigenvalue weighted by Gasteiger charge is 2.29. The van der Waals surface area contributed by atoms with Crippen molar-refractivity contribution in [2.75, 3.05) is 17.1 Å². The van der Waals surface area contributed by atoms with E-state index in [0.717, 1.165) is 47.4 Å². The number of rotatable bonds is 11. The number of halogens is 2. The molecule has 2 aromatic rings. The first-order valence-corrected chi connectivity index (χ1v) is 15.1. The first-order valence-electron chi connectivity index (χ1n) is 12.5. The van der Waals surface area contributed by atoms with Crippen molar-refractivity contribution >= 4 is 50.7 Å². The molecule has 0 spiro atoms. The molecule has 3 rings (SSSR count). The highest BCUT2D eigenvalue weighted by atomic mass is 35.5. The van der Waals surface area contributed by atoms with E-state index >= 15 is 0 Å². The number of aryl methyl sites for hydroxylation is 1. The summed E-state index contributed by atoms with van der Waals surface area (Å²) in [4.78, 5) is 28.0. The van der Waals surface area contributed by atoms with Crippen LogP contribution in [-0.4, -0.2) is 50.0 Å². The minimum atomic E-state index is -3.67. The summed E-state index contributed by atoms with van der Waals surface area (Å²) in [5.74, 6) is -0.392. The van der Waals surface area contributed by atoms with Crippen LogP contribution < -0.4 is 9.62 Å². The highest BCUT2D eigenvalue weighted by Crippen LogP contribution is 2.31. The van der Waals surface area contributed by atoms with Crippen molar-refractivity contribution in [3.63, 3.8) is 0 Å². The van der Waals surface area contributed by atoms with Crippen LogP contribution >= 0.6 is 23.2 Å². The van der Waals surface area contributed by atoms with Gasteiger partial charge in [-0.3, -0.25) is 13.9 Å². The van der Waals surface area contributed by atoms with Gasteiger partial charge < -0.3 is 10.2 Å². The molecule has 1 atom stereocenters. The van der Waals surface area contributed by atoms with Crippen LogP contribution in [-0.2, 0) is 26.2 Å². The zero-order chi connectivity index (χ0) is 27.2. The lowest BCUT2D eigenvalue weighted by atomic mass is 10.1. The van der Waals surface area contributed by atoms with Gasteiger partial charge in [-0.1, -0.05) is 65.9 Å². The molecule has 10 heteroatoms. The molecule has 1 saturated carbocycles. The quantitative estimate of drug-likeness (QED) is 0.398. The van der Waals surface area contributed by atoms with Crippen molar-refractivity contribution in [3.05, 3.63) is 63.6 Å². The monoisotopic (exact) mass is 567 g/mol. The molecule has 0 aliphatic heterocycles. The summed E-state index contributed by atoms with van der Waals surface area (Å²) >= 11 is 12.3. The molecule has 0 aromatic heterocycles. The first-order chi connectivity index (χ1) is 17.5.